The molecule has 0 saturated carbocycles. The number of likely N-dealkylation sites (tertiary alicyclic amines) is 1. The van der Waals surface area contributed by atoms with Gasteiger partial charge in [0.1, 0.15) is 5.69 Å². The summed E-state index contributed by atoms with van der Waals surface area (Å²) in [4.78, 5) is 28.2. The zero-order valence-electron chi connectivity index (χ0n) is 10.3. The van der Waals surface area contributed by atoms with E-state index in [2.05, 4.69) is 4.98 Å². The number of carbonyl (C=O) groups is 2. The lowest BCUT2D eigenvalue weighted by Gasteiger charge is -2.14. The van der Waals surface area contributed by atoms with Gasteiger partial charge in [-0.25, -0.2) is 0 Å². The number of H-pyrrole nitrogens is 1. The molecule has 98 valence electrons. The van der Waals surface area contributed by atoms with Crippen LogP contribution in [0.3, 0.4) is 0 Å². The molecule has 18 heavy (non-hydrogen) atoms. The third-order valence-corrected chi connectivity index (χ3v) is 3.50. The molecule has 1 aromatic heterocycles. The first kappa shape index (κ1) is 13.0. The van der Waals surface area contributed by atoms with Crippen molar-refractivity contribution >= 4 is 23.5 Å². The number of ether oxygens (including phenoxy) is 1. The third kappa shape index (κ3) is 2.36. The number of rotatable bonds is 2. The summed E-state index contributed by atoms with van der Waals surface area (Å²) in [6.45, 7) is 2.88. The molecule has 0 aromatic carbocycles. The van der Waals surface area contributed by atoms with Crippen molar-refractivity contribution in [3.8, 4) is 0 Å². The Balaban J connectivity index is 2.08. The van der Waals surface area contributed by atoms with E-state index >= 15 is 0 Å². The first-order valence-electron chi connectivity index (χ1n) is 5.74. The largest absolute Gasteiger partial charge is 0.469 e. The van der Waals surface area contributed by atoms with E-state index in [0.29, 0.717) is 23.8 Å². The van der Waals surface area contributed by atoms with Crippen LogP contribution in [0.1, 0.15) is 17.4 Å². The van der Waals surface area contributed by atoms with Crippen molar-refractivity contribution in [2.24, 2.45) is 11.8 Å². The van der Waals surface area contributed by atoms with Crippen molar-refractivity contribution in [2.45, 2.75) is 6.92 Å². The number of nitrogens with one attached hydrogen (secondary N) is 1. The molecular weight excluding hydrogens is 256 g/mol. The third-order valence-electron chi connectivity index (χ3n) is 3.28. The van der Waals surface area contributed by atoms with Crippen molar-refractivity contribution < 1.29 is 14.3 Å². The minimum atomic E-state index is -0.262. The number of methoxy groups -OCH3 is 1. The van der Waals surface area contributed by atoms with Gasteiger partial charge in [-0.15, -0.1) is 0 Å². The maximum Gasteiger partial charge on any atom is 0.310 e. The second-order valence-electron chi connectivity index (χ2n) is 4.55. The van der Waals surface area contributed by atoms with Gasteiger partial charge in [0.2, 0.25) is 0 Å². The quantitative estimate of drug-likeness (QED) is 0.830. The fraction of sp³-hybridized carbons (Fsp3) is 0.500. The molecule has 2 rings (SSSR count). The van der Waals surface area contributed by atoms with Crippen LogP contribution in [0.25, 0.3) is 0 Å². The van der Waals surface area contributed by atoms with Crippen molar-refractivity contribution in [2.75, 3.05) is 20.2 Å². The molecule has 1 N–H and O–H groups in total. The second-order valence-corrected chi connectivity index (χ2v) is 4.99. The van der Waals surface area contributed by atoms with E-state index in [1.807, 2.05) is 6.92 Å². The highest BCUT2D eigenvalue weighted by atomic mass is 35.5. The highest BCUT2D eigenvalue weighted by molar-refractivity contribution is 6.30. The van der Waals surface area contributed by atoms with E-state index in [-0.39, 0.29) is 23.7 Å². The SMILES string of the molecule is COC(=O)C1CN(C(=O)c2cc(Cl)c[nH]2)CC1C. The number of amides is 1. The number of nitrogens with zero attached hydrogens (tertiary/aromatic N) is 1. The lowest BCUT2D eigenvalue weighted by molar-refractivity contribution is -0.146. The Morgan fingerprint density at radius 3 is 2.78 bits per heavy atom. The zero-order chi connectivity index (χ0) is 13.3. The highest BCUT2D eigenvalue weighted by Gasteiger charge is 2.38. The summed E-state index contributed by atoms with van der Waals surface area (Å²) in [6.07, 6.45) is 1.56. The Morgan fingerprint density at radius 2 is 2.22 bits per heavy atom. The van der Waals surface area contributed by atoms with Crippen molar-refractivity contribution in [1.29, 1.82) is 0 Å². The summed E-state index contributed by atoms with van der Waals surface area (Å²) in [5.74, 6) is -0.543. The summed E-state index contributed by atoms with van der Waals surface area (Å²) in [6, 6.07) is 1.58. The topological polar surface area (TPSA) is 62.4 Å². The van der Waals surface area contributed by atoms with Gasteiger partial charge in [0, 0.05) is 19.3 Å². The van der Waals surface area contributed by atoms with E-state index in [0.717, 1.165) is 0 Å². The minimum absolute atomic E-state index is 0.104. The number of esters is 1. The van der Waals surface area contributed by atoms with Crippen LogP contribution in [0.4, 0.5) is 0 Å². The smallest absolute Gasteiger partial charge is 0.310 e. The lowest BCUT2D eigenvalue weighted by atomic mass is 9.99. The summed E-state index contributed by atoms with van der Waals surface area (Å²) in [5.41, 5.74) is 0.442. The molecule has 1 amide bonds. The normalized spacial score (nSPS) is 23.2. The average molecular weight is 271 g/mol. The number of aromatic amines is 1. The van der Waals surface area contributed by atoms with E-state index in [1.54, 1.807) is 17.2 Å². The number of aromatic nitrogens is 1. The molecule has 0 spiro atoms. The van der Waals surface area contributed by atoms with Gasteiger partial charge in [0.15, 0.2) is 0 Å². The van der Waals surface area contributed by atoms with Crippen LogP contribution >= 0.6 is 11.6 Å². The fourth-order valence-corrected chi connectivity index (χ4v) is 2.42. The molecular formula is C12H15ClN2O3. The Kier molecular flexibility index (Phi) is 3.61. The molecule has 6 heteroatoms. The first-order chi connectivity index (χ1) is 8.52. The van der Waals surface area contributed by atoms with Crippen LogP contribution in [0, 0.1) is 11.8 Å². The van der Waals surface area contributed by atoms with Gasteiger partial charge in [-0.2, -0.15) is 0 Å². The predicted octanol–water partition coefficient (Wildman–Crippen LogP) is 1.55. The molecule has 2 heterocycles. The molecule has 1 aliphatic rings. The van der Waals surface area contributed by atoms with E-state index in [4.69, 9.17) is 16.3 Å². The van der Waals surface area contributed by atoms with E-state index < -0.39 is 0 Å². The van der Waals surface area contributed by atoms with Gasteiger partial charge in [-0.05, 0) is 12.0 Å². The van der Waals surface area contributed by atoms with Gasteiger partial charge in [0.25, 0.3) is 5.91 Å². The number of halogens is 1. The van der Waals surface area contributed by atoms with Crippen molar-refractivity contribution in [3.05, 3.63) is 23.0 Å². The molecule has 0 radical (unpaired) electrons. The summed E-state index contributed by atoms with van der Waals surface area (Å²) >= 11 is 5.77. The summed E-state index contributed by atoms with van der Waals surface area (Å²) in [5, 5.41) is 0.495. The first-order valence-corrected chi connectivity index (χ1v) is 6.11. The highest BCUT2D eigenvalue weighted by Crippen LogP contribution is 2.25. The minimum Gasteiger partial charge on any atom is -0.469 e. The molecule has 0 aliphatic carbocycles. The van der Waals surface area contributed by atoms with Crippen LogP contribution < -0.4 is 0 Å². The van der Waals surface area contributed by atoms with Crippen molar-refractivity contribution in [1.82, 2.24) is 9.88 Å². The summed E-state index contributed by atoms with van der Waals surface area (Å²) in [7, 11) is 1.37. The standard InChI is InChI=1S/C12H15ClN2O3/c1-7-5-15(6-9(7)12(17)18-2)11(16)10-3-8(13)4-14-10/h3-4,7,9,14H,5-6H2,1-2H3. The maximum absolute atomic E-state index is 12.1. The molecule has 1 aliphatic heterocycles. The molecule has 2 unspecified atom stereocenters. The molecule has 0 bridgehead atoms. The maximum atomic E-state index is 12.1. The molecule has 1 fully saturated rings. The van der Waals surface area contributed by atoms with Gasteiger partial charge < -0.3 is 14.6 Å². The van der Waals surface area contributed by atoms with Crippen LogP contribution in [-0.2, 0) is 9.53 Å². The van der Waals surface area contributed by atoms with Crippen LogP contribution in [0.15, 0.2) is 12.3 Å². The summed E-state index contributed by atoms with van der Waals surface area (Å²) < 4.78 is 4.74. The Labute approximate surface area is 110 Å². The van der Waals surface area contributed by atoms with E-state index in [9.17, 15) is 9.59 Å². The van der Waals surface area contributed by atoms with Crippen molar-refractivity contribution in [3.63, 3.8) is 0 Å². The predicted molar refractivity (Wildman–Crippen MR) is 66.4 cm³/mol. The van der Waals surface area contributed by atoms with Gasteiger partial charge >= 0.3 is 5.97 Å². The monoisotopic (exact) mass is 270 g/mol. The number of hydrogen-bond acceptors (Lipinski definition) is 3. The van der Waals surface area contributed by atoms with Crippen LogP contribution in [0.2, 0.25) is 5.02 Å². The van der Waals surface area contributed by atoms with Gasteiger partial charge in [-0.3, -0.25) is 9.59 Å². The number of carbonyl (C=O) groups excluding carboxylic acids is 2. The Hall–Kier alpha value is -1.49. The van der Waals surface area contributed by atoms with E-state index in [1.165, 1.54) is 7.11 Å². The molecule has 2 atom stereocenters. The fourth-order valence-electron chi connectivity index (χ4n) is 2.25. The Bertz CT molecular complexity index is 472. The lowest BCUT2D eigenvalue weighted by Crippen LogP contribution is -2.30. The molecule has 1 aromatic rings. The average Bonchev–Trinajstić information content (AvgIpc) is 2.94. The molecule has 1 saturated heterocycles. The number of hydrogen-bond donors (Lipinski definition) is 1. The van der Waals surface area contributed by atoms with Crippen LogP contribution in [-0.4, -0.2) is 42.0 Å². The van der Waals surface area contributed by atoms with Crippen LogP contribution in [0.5, 0.6) is 0 Å². The molecule has 5 nitrogen and oxygen atoms in total. The zero-order valence-corrected chi connectivity index (χ0v) is 11.0. The second kappa shape index (κ2) is 5.02. The van der Waals surface area contributed by atoms with Gasteiger partial charge in [-0.1, -0.05) is 18.5 Å². The Morgan fingerprint density at radius 1 is 1.50 bits per heavy atom. The van der Waals surface area contributed by atoms with Gasteiger partial charge in [0.05, 0.1) is 18.1 Å².